The third-order valence-electron chi connectivity index (χ3n) is 16.1. The van der Waals surface area contributed by atoms with Crippen LogP contribution in [0.5, 0.6) is 11.8 Å². The zero-order chi connectivity index (χ0) is 55.9. The third kappa shape index (κ3) is 12.9. The average Bonchev–Trinajstić information content (AvgIpc) is 4.22. The van der Waals surface area contributed by atoms with Crippen molar-refractivity contribution < 1.29 is 33.1 Å². The van der Waals surface area contributed by atoms with E-state index in [1.54, 1.807) is 29.7 Å². The Morgan fingerprint density at radius 3 is 2.40 bits per heavy atom. The first-order valence-electron chi connectivity index (χ1n) is 28.7. The number of nitrogens with one attached hydrogen (secondary N) is 2. The van der Waals surface area contributed by atoms with Crippen LogP contribution in [0.2, 0.25) is 0 Å². The van der Waals surface area contributed by atoms with Crippen LogP contribution in [0.25, 0.3) is 43.4 Å². The third-order valence-corrected chi connectivity index (χ3v) is 17.0. The summed E-state index contributed by atoms with van der Waals surface area (Å²) >= 11 is 1.64. The Kier molecular flexibility index (Phi) is 18.2. The van der Waals surface area contributed by atoms with Crippen LogP contribution in [-0.2, 0) is 27.2 Å². The van der Waals surface area contributed by atoms with Crippen LogP contribution >= 0.6 is 11.3 Å². The fourth-order valence-electron chi connectivity index (χ4n) is 11.8. The maximum Gasteiger partial charge on any atom is 0.319 e. The van der Waals surface area contributed by atoms with Crippen molar-refractivity contribution in [2.24, 2.45) is 0 Å². The predicted octanol–water partition coefficient (Wildman–Crippen LogP) is 9.82. The van der Waals surface area contributed by atoms with Crippen molar-refractivity contribution in [2.45, 2.75) is 136 Å². The molecule has 5 aliphatic heterocycles. The number of nitrogens with zero attached hydrogens (tertiary/aromatic N) is 9. The topological polar surface area (TPSA) is 187 Å². The molecule has 0 radical (unpaired) electrons. The van der Waals surface area contributed by atoms with E-state index in [9.17, 15) is 14.7 Å². The minimum atomic E-state index is -0.557. The molecule has 2 amide bonds. The molecule has 4 unspecified atom stereocenters. The van der Waals surface area contributed by atoms with Crippen LogP contribution in [-0.4, -0.2) is 142 Å². The highest BCUT2D eigenvalue weighted by molar-refractivity contribution is 7.13. The van der Waals surface area contributed by atoms with Gasteiger partial charge >= 0.3 is 6.01 Å². The van der Waals surface area contributed by atoms with E-state index in [-0.39, 0.29) is 53.5 Å². The molecule has 424 valence electrons. The quantitative estimate of drug-likeness (QED) is 0.0776. The monoisotopic (exact) mass is 1110 g/mol. The van der Waals surface area contributed by atoms with Gasteiger partial charge in [0.1, 0.15) is 35.1 Å². The fourth-order valence-corrected chi connectivity index (χ4v) is 12.6. The molecule has 17 nitrogen and oxygen atoms in total. The van der Waals surface area contributed by atoms with E-state index in [1.807, 2.05) is 60.7 Å². The van der Waals surface area contributed by atoms with Crippen LogP contribution in [0.15, 0.2) is 76.9 Å². The van der Waals surface area contributed by atoms with Gasteiger partial charge in [-0.25, -0.2) is 9.37 Å². The van der Waals surface area contributed by atoms with Gasteiger partial charge in [0.25, 0.3) is 0 Å². The number of fused-ring (bicyclic) bond motifs is 4. The molecule has 3 aromatic carbocycles. The van der Waals surface area contributed by atoms with Crippen molar-refractivity contribution in [2.75, 3.05) is 68.8 Å². The molecule has 7 aromatic rings. The number of hydrogen-bond donors (Lipinski definition) is 3. The van der Waals surface area contributed by atoms with Crippen molar-refractivity contribution in [1.29, 1.82) is 0 Å². The molecule has 0 spiro atoms. The van der Waals surface area contributed by atoms with Gasteiger partial charge in [0, 0.05) is 88.3 Å². The van der Waals surface area contributed by atoms with E-state index < -0.39 is 5.82 Å². The summed E-state index contributed by atoms with van der Waals surface area (Å²) in [5.41, 5.74) is 7.07. The summed E-state index contributed by atoms with van der Waals surface area (Å²) in [6.45, 7) is 19.1. The number of phenolic OH excluding ortho intramolecular Hbond substituents is 1. The number of likely N-dealkylation sites (tertiary alicyclic amines) is 2. The molecule has 4 atom stereocenters. The zero-order valence-corrected chi connectivity index (χ0v) is 47.8. The number of halogens is 1. The molecule has 0 saturated carbocycles. The lowest BCUT2D eigenvalue weighted by molar-refractivity contribution is -0.131. The first-order valence-corrected chi connectivity index (χ1v) is 29.6. The second-order valence-corrected chi connectivity index (χ2v) is 22.8. The summed E-state index contributed by atoms with van der Waals surface area (Å²) in [5, 5.41) is 23.6. The molecule has 5 aliphatic rings. The number of pyridine rings is 1. The van der Waals surface area contributed by atoms with E-state index in [1.165, 1.54) is 16.9 Å². The number of anilines is 2. The summed E-state index contributed by atoms with van der Waals surface area (Å²) in [6.07, 6.45) is 11.1. The van der Waals surface area contributed by atoms with Crippen molar-refractivity contribution in [3.05, 3.63) is 101 Å². The predicted molar refractivity (Wildman–Crippen MR) is 312 cm³/mol. The Hall–Kier alpha value is -6.80. The fraction of sp³-hybridized carbons (Fsp3) is 0.492. The normalized spacial score (nSPS) is 19.8. The van der Waals surface area contributed by atoms with Gasteiger partial charge < -0.3 is 44.4 Å². The van der Waals surface area contributed by atoms with Gasteiger partial charge in [0.15, 0.2) is 11.6 Å². The average molecular weight is 1110 g/mol. The van der Waals surface area contributed by atoms with Gasteiger partial charge in [-0.2, -0.15) is 9.97 Å². The van der Waals surface area contributed by atoms with Gasteiger partial charge in [-0.15, -0.1) is 11.3 Å². The summed E-state index contributed by atoms with van der Waals surface area (Å²) in [4.78, 5) is 51.5. The number of aryl methyl sites for hydroxylation is 2. The highest BCUT2D eigenvalue weighted by Crippen LogP contribution is 2.39. The number of thiazole rings is 1. The lowest BCUT2D eigenvalue weighted by Gasteiger charge is -2.42. The van der Waals surface area contributed by atoms with Gasteiger partial charge in [0.05, 0.1) is 46.1 Å². The molecule has 0 aliphatic carbocycles. The SMILES string of the molecule is CCC.CCc1cccc2cc(O)cc(-c3ncc4c(N5CC6CCC(C5)N6)nc(OCCN5CCC(OC6CN(c7cc(CC(=O)N8CCCC8C)on7)C6)CC5)nc4c3F)c12.Cc1ncsc1-c1ccc(C(C)NC=O)cc1. The first-order chi connectivity index (χ1) is 38.9. The molecule has 4 aromatic heterocycles. The number of piperazine rings is 1. The van der Waals surface area contributed by atoms with E-state index in [2.05, 4.69) is 75.3 Å². The maximum absolute atomic E-state index is 17.0. The Morgan fingerprint density at radius 1 is 0.950 bits per heavy atom. The van der Waals surface area contributed by atoms with Crippen LogP contribution in [0.1, 0.15) is 108 Å². The molecule has 19 heteroatoms. The Balaban J connectivity index is 0.000000304. The number of carbonyl (C=O) groups excluding carboxylic acids is 2. The number of piperidine rings is 1. The van der Waals surface area contributed by atoms with Gasteiger partial charge in [-0.1, -0.05) is 74.8 Å². The van der Waals surface area contributed by atoms with Crippen molar-refractivity contribution in [1.82, 2.24) is 45.5 Å². The largest absolute Gasteiger partial charge is 0.508 e. The Morgan fingerprint density at radius 2 is 1.71 bits per heavy atom. The summed E-state index contributed by atoms with van der Waals surface area (Å²) in [7, 11) is 0. The van der Waals surface area contributed by atoms with Crippen molar-refractivity contribution >= 4 is 57.0 Å². The number of aromatic hydroxyl groups is 1. The molecule has 5 saturated heterocycles. The number of amides is 2. The first kappa shape index (κ1) is 56.5. The number of rotatable bonds is 16. The van der Waals surface area contributed by atoms with Crippen LogP contribution in [0.3, 0.4) is 0 Å². The molecular formula is C61H76FN11O6S. The maximum atomic E-state index is 17.0. The number of benzene rings is 3. The highest BCUT2D eigenvalue weighted by atomic mass is 32.1. The number of phenols is 1. The van der Waals surface area contributed by atoms with Crippen LogP contribution in [0.4, 0.5) is 16.0 Å². The molecule has 80 heavy (non-hydrogen) atoms. The van der Waals surface area contributed by atoms with Crippen LogP contribution in [0, 0.1) is 12.7 Å². The summed E-state index contributed by atoms with van der Waals surface area (Å²) in [6, 6.07) is 20.5. The zero-order valence-electron chi connectivity index (χ0n) is 47.0. The van der Waals surface area contributed by atoms with Crippen molar-refractivity contribution in [3.63, 3.8) is 0 Å². The number of aromatic nitrogens is 5. The number of ether oxygens (including phenoxy) is 2. The molecule has 3 N–H and O–H groups in total. The van der Waals surface area contributed by atoms with E-state index in [4.69, 9.17) is 28.9 Å². The molecule has 5 fully saturated rings. The molecule has 12 rings (SSSR count). The highest BCUT2D eigenvalue weighted by Gasteiger charge is 2.36. The van der Waals surface area contributed by atoms with Gasteiger partial charge in [-0.3, -0.25) is 19.5 Å². The Bertz CT molecular complexity index is 3220. The van der Waals surface area contributed by atoms with Gasteiger partial charge in [-0.05, 0) is 105 Å². The summed E-state index contributed by atoms with van der Waals surface area (Å²) < 4.78 is 35.2. The minimum absolute atomic E-state index is 0.0455. The van der Waals surface area contributed by atoms with Gasteiger partial charge in [0.2, 0.25) is 12.3 Å². The molecule has 2 bridgehead atoms. The van der Waals surface area contributed by atoms with E-state index >= 15 is 4.39 Å². The number of carbonyl (C=O) groups is 2. The second kappa shape index (κ2) is 25.8. The van der Waals surface area contributed by atoms with E-state index in [0.29, 0.717) is 53.8 Å². The molecular weight excluding hydrogens is 1030 g/mol. The standard InChI is InChI=1S/C45H54FN9O5.C13H14N2OS.C3H8/c1-3-28-7-4-8-29-18-32(56)19-36(40(28)29)42-41(46)43-37(22-47-42)44(54-23-30-9-10-31(24-54)48-30)50-45(49-43)58-17-16-52-14-11-33(12-15-52)59-35-25-53(26-35)38-20-34(60-51-38)21-39(57)55-13-5-6-27(55)2;1-9(14-7-16)11-3-5-12(6-4-11)13-10(2)15-8-17-13;1-3-2/h4,7-8,18-20,22,27,30-31,33,35,48,56H,3,5-6,9-17,21,23-26H2,1-2H3;3-9H,1-2H3,(H,14,16);3H2,1-2H3. The second-order valence-electron chi connectivity index (χ2n) is 22.0. The lowest BCUT2D eigenvalue weighted by Crippen LogP contribution is -2.54. The lowest BCUT2D eigenvalue weighted by atomic mass is 9.95. The minimum Gasteiger partial charge on any atom is -0.508 e. The van der Waals surface area contributed by atoms with Crippen LogP contribution < -0.4 is 25.2 Å². The number of hydrogen-bond acceptors (Lipinski definition) is 16. The summed E-state index contributed by atoms with van der Waals surface area (Å²) in [5.74, 6) is 1.61. The molecule has 9 heterocycles. The Labute approximate surface area is 472 Å². The smallest absolute Gasteiger partial charge is 0.319 e. The van der Waals surface area contributed by atoms with Crippen molar-refractivity contribution in [3.8, 4) is 33.5 Å². The van der Waals surface area contributed by atoms with E-state index in [0.717, 1.165) is 131 Å².